The summed E-state index contributed by atoms with van der Waals surface area (Å²) in [6.07, 6.45) is -4.43. The maximum atomic E-state index is 12.8. The molecule has 4 nitrogen and oxygen atoms in total. The van der Waals surface area contributed by atoms with Gasteiger partial charge in [0.05, 0.1) is 24.3 Å². The molecule has 22 heavy (non-hydrogen) atoms. The summed E-state index contributed by atoms with van der Waals surface area (Å²) in [6, 6.07) is 3.49. The Morgan fingerprint density at radius 3 is 2.45 bits per heavy atom. The van der Waals surface area contributed by atoms with Crippen LogP contribution in [0.2, 0.25) is 0 Å². The molecule has 0 radical (unpaired) electrons. The third kappa shape index (κ3) is 5.15. The summed E-state index contributed by atoms with van der Waals surface area (Å²) < 4.78 is 43.3. The number of amides is 1. The number of halogens is 4. The number of rotatable bonds is 5. The van der Waals surface area contributed by atoms with Crippen LogP contribution in [0.3, 0.4) is 0 Å². The summed E-state index contributed by atoms with van der Waals surface area (Å²) in [5, 5.41) is 0. The molecule has 2 atom stereocenters. The zero-order valence-corrected chi connectivity index (χ0v) is 13.4. The molecule has 2 N–H and O–H groups in total. The van der Waals surface area contributed by atoms with E-state index in [9.17, 15) is 18.0 Å². The molecule has 0 aliphatic heterocycles. The van der Waals surface area contributed by atoms with E-state index in [0.717, 1.165) is 12.1 Å². The van der Waals surface area contributed by atoms with E-state index >= 15 is 0 Å². The van der Waals surface area contributed by atoms with E-state index in [1.54, 1.807) is 0 Å². The van der Waals surface area contributed by atoms with Gasteiger partial charge in [-0.2, -0.15) is 13.2 Å². The first kappa shape index (κ1) is 20.7. The number of alkyl halides is 3. The quantitative estimate of drug-likeness (QED) is 0.896. The standard InChI is InChI=1S/C14H19F3N2O2.ClH/c1-9(18)13(20)19(2)12(8-21-3)10-5-4-6-11(7-10)14(15,16)17;/h4-7,9,12H,8,18H2,1-3H3;1H/t9-,12?;/m1./s1. The van der Waals surface area contributed by atoms with E-state index in [1.165, 1.54) is 38.1 Å². The van der Waals surface area contributed by atoms with Gasteiger partial charge in [0.25, 0.3) is 0 Å². The van der Waals surface area contributed by atoms with Crippen molar-refractivity contribution in [3.8, 4) is 0 Å². The van der Waals surface area contributed by atoms with Gasteiger partial charge in [-0.15, -0.1) is 12.4 Å². The number of nitrogens with zero attached hydrogens (tertiary/aromatic N) is 1. The van der Waals surface area contributed by atoms with Gasteiger partial charge in [-0.3, -0.25) is 4.79 Å². The molecular formula is C14H20ClF3N2O2. The first-order valence-corrected chi connectivity index (χ1v) is 6.36. The van der Waals surface area contributed by atoms with Crippen molar-refractivity contribution in [1.82, 2.24) is 4.90 Å². The summed E-state index contributed by atoms with van der Waals surface area (Å²) in [7, 11) is 2.92. The zero-order chi connectivity index (χ0) is 16.2. The predicted octanol–water partition coefficient (Wildman–Crippen LogP) is 2.62. The molecule has 0 spiro atoms. The van der Waals surface area contributed by atoms with Crippen LogP contribution in [-0.2, 0) is 15.7 Å². The lowest BCUT2D eigenvalue weighted by Crippen LogP contribution is -2.43. The highest BCUT2D eigenvalue weighted by molar-refractivity contribution is 5.85. The molecule has 0 aromatic heterocycles. The molecule has 0 aliphatic carbocycles. The Hall–Kier alpha value is -1.31. The summed E-state index contributed by atoms with van der Waals surface area (Å²) >= 11 is 0. The van der Waals surface area contributed by atoms with E-state index in [2.05, 4.69) is 0 Å². The number of hydrogen-bond donors (Lipinski definition) is 1. The van der Waals surface area contributed by atoms with E-state index < -0.39 is 23.8 Å². The van der Waals surface area contributed by atoms with Crippen LogP contribution in [-0.4, -0.2) is 37.6 Å². The minimum absolute atomic E-state index is 0. The van der Waals surface area contributed by atoms with Crippen molar-refractivity contribution in [3.63, 3.8) is 0 Å². The lowest BCUT2D eigenvalue weighted by atomic mass is 10.0. The molecule has 1 rings (SSSR count). The van der Waals surface area contributed by atoms with Gasteiger partial charge in [-0.05, 0) is 24.6 Å². The highest BCUT2D eigenvalue weighted by atomic mass is 35.5. The summed E-state index contributed by atoms with van der Waals surface area (Å²) in [6.45, 7) is 1.60. The third-order valence-electron chi connectivity index (χ3n) is 3.13. The van der Waals surface area contributed by atoms with E-state index in [-0.39, 0.29) is 24.9 Å². The van der Waals surface area contributed by atoms with Crippen molar-refractivity contribution in [2.24, 2.45) is 5.73 Å². The fourth-order valence-corrected chi connectivity index (χ4v) is 1.99. The van der Waals surface area contributed by atoms with E-state index in [4.69, 9.17) is 10.5 Å². The Kier molecular flexibility index (Phi) is 7.86. The first-order chi connectivity index (χ1) is 9.68. The molecule has 0 aliphatic rings. The van der Waals surface area contributed by atoms with Crippen molar-refractivity contribution < 1.29 is 22.7 Å². The Bertz CT molecular complexity index is 495. The monoisotopic (exact) mass is 340 g/mol. The lowest BCUT2D eigenvalue weighted by Gasteiger charge is -2.29. The number of carbonyl (C=O) groups is 1. The number of benzene rings is 1. The molecule has 8 heteroatoms. The normalized spacial score (nSPS) is 14.0. The minimum atomic E-state index is -4.43. The van der Waals surface area contributed by atoms with Crippen LogP contribution in [0.5, 0.6) is 0 Å². The molecule has 0 fully saturated rings. The van der Waals surface area contributed by atoms with Crippen LogP contribution >= 0.6 is 12.4 Å². The Balaban J connectivity index is 0.00000441. The van der Waals surface area contributed by atoms with Gasteiger partial charge in [0.1, 0.15) is 0 Å². The predicted molar refractivity (Wildman–Crippen MR) is 79.7 cm³/mol. The molecule has 0 saturated carbocycles. The van der Waals surface area contributed by atoms with E-state index in [1.807, 2.05) is 0 Å². The van der Waals surface area contributed by atoms with Gasteiger partial charge in [0.15, 0.2) is 0 Å². The zero-order valence-electron chi connectivity index (χ0n) is 12.6. The van der Waals surface area contributed by atoms with Crippen LogP contribution in [0.15, 0.2) is 24.3 Å². The highest BCUT2D eigenvalue weighted by Crippen LogP contribution is 2.31. The maximum absolute atomic E-state index is 12.8. The average molecular weight is 341 g/mol. The molecule has 0 bridgehead atoms. The smallest absolute Gasteiger partial charge is 0.382 e. The molecule has 1 unspecified atom stereocenters. The molecular weight excluding hydrogens is 321 g/mol. The number of likely N-dealkylation sites (N-methyl/N-ethyl adjacent to an activating group) is 1. The van der Waals surface area contributed by atoms with Crippen LogP contribution in [0.1, 0.15) is 24.1 Å². The average Bonchev–Trinajstić information content (AvgIpc) is 2.42. The molecule has 1 aromatic rings. The highest BCUT2D eigenvalue weighted by Gasteiger charge is 2.32. The van der Waals surface area contributed by atoms with Crippen molar-refractivity contribution in [2.75, 3.05) is 20.8 Å². The molecule has 126 valence electrons. The minimum Gasteiger partial charge on any atom is -0.382 e. The molecule has 0 saturated heterocycles. The Morgan fingerprint density at radius 2 is 2.00 bits per heavy atom. The Labute approximate surface area is 133 Å². The molecule has 0 heterocycles. The van der Waals surface area contributed by atoms with Gasteiger partial charge in [0.2, 0.25) is 5.91 Å². The van der Waals surface area contributed by atoms with Crippen LogP contribution in [0.25, 0.3) is 0 Å². The van der Waals surface area contributed by atoms with Crippen LogP contribution < -0.4 is 5.73 Å². The number of ether oxygens (including phenoxy) is 1. The second-order valence-electron chi connectivity index (χ2n) is 4.83. The fourth-order valence-electron chi connectivity index (χ4n) is 1.99. The molecule has 1 amide bonds. The van der Waals surface area contributed by atoms with Gasteiger partial charge >= 0.3 is 6.18 Å². The SMILES string of the molecule is COCC(c1cccc(C(F)(F)F)c1)N(C)C(=O)[C@@H](C)N.Cl. The first-order valence-electron chi connectivity index (χ1n) is 6.36. The second kappa shape index (κ2) is 8.36. The number of nitrogens with two attached hydrogens (primary N) is 1. The van der Waals surface area contributed by atoms with E-state index in [0.29, 0.717) is 5.56 Å². The number of hydrogen-bond acceptors (Lipinski definition) is 3. The van der Waals surface area contributed by atoms with Crippen LogP contribution in [0, 0.1) is 0 Å². The van der Waals surface area contributed by atoms with Gasteiger partial charge < -0.3 is 15.4 Å². The molecule has 1 aromatic carbocycles. The third-order valence-corrected chi connectivity index (χ3v) is 3.13. The van der Waals surface area contributed by atoms with Gasteiger partial charge in [-0.25, -0.2) is 0 Å². The van der Waals surface area contributed by atoms with Crippen molar-refractivity contribution in [2.45, 2.75) is 25.2 Å². The fraction of sp³-hybridized carbons (Fsp3) is 0.500. The number of methoxy groups -OCH3 is 1. The van der Waals surface area contributed by atoms with Gasteiger partial charge in [-0.1, -0.05) is 12.1 Å². The largest absolute Gasteiger partial charge is 0.416 e. The van der Waals surface area contributed by atoms with Crippen molar-refractivity contribution in [3.05, 3.63) is 35.4 Å². The van der Waals surface area contributed by atoms with Crippen LogP contribution in [0.4, 0.5) is 13.2 Å². The second-order valence-corrected chi connectivity index (χ2v) is 4.83. The Morgan fingerprint density at radius 1 is 1.41 bits per heavy atom. The summed E-state index contributed by atoms with van der Waals surface area (Å²) in [4.78, 5) is 13.2. The maximum Gasteiger partial charge on any atom is 0.416 e. The van der Waals surface area contributed by atoms with Gasteiger partial charge in [0, 0.05) is 14.2 Å². The van der Waals surface area contributed by atoms with Crippen molar-refractivity contribution >= 4 is 18.3 Å². The lowest BCUT2D eigenvalue weighted by molar-refractivity contribution is -0.137. The summed E-state index contributed by atoms with van der Waals surface area (Å²) in [5.41, 5.74) is 5.12. The van der Waals surface area contributed by atoms with Crippen molar-refractivity contribution in [1.29, 1.82) is 0 Å². The number of carbonyl (C=O) groups excluding carboxylic acids is 1. The topological polar surface area (TPSA) is 55.6 Å². The summed E-state index contributed by atoms with van der Waals surface area (Å²) in [5.74, 6) is -0.366.